The summed E-state index contributed by atoms with van der Waals surface area (Å²) in [6, 6.07) is 4.79. The van der Waals surface area contributed by atoms with E-state index in [9.17, 15) is 10.1 Å². The Hall–Kier alpha value is -1.66. The first-order chi connectivity index (χ1) is 7.65. The molecule has 0 amide bonds. The predicted molar refractivity (Wildman–Crippen MR) is 61.1 cm³/mol. The molecule has 3 N–H and O–H groups in total. The number of anilines is 1. The van der Waals surface area contributed by atoms with Gasteiger partial charge in [-0.25, -0.2) is 0 Å². The molecular formula is C10H15N3O3. The number of nitro benzene ring substituents is 1. The summed E-state index contributed by atoms with van der Waals surface area (Å²) < 4.78 is 4.87. The highest BCUT2D eigenvalue weighted by Gasteiger charge is 2.11. The third-order valence-corrected chi connectivity index (χ3v) is 2.10. The molecule has 88 valence electrons. The molecule has 0 bridgehead atoms. The fourth-order valence-electron chi connectivity index (χ4n) is 1.26. The number of hydrogen-bond acceptors (Lipinski definition) is 5. The van der Waals surface area contributed by atoms with E-state index in [-0.39, 0.29) is 11.4 Å². The van der Waals surface area contributed by atoms with Crippen molar-refractivity contribution in [1.82, 2.24) is 5.32 Å². The normalized spacial score (nSPS) is 10.3. The summed E-state index contributed by atoms with van der Waals surface area (Å²) in [6.07, 6.45) is 0. The first kappa shape index (κ1) is 12.4. The summed E-state index contributed by atoms with van der Waals surface area (Å²) in [5, 5.41) is 13.7. The minimum absolute atomic E-state index is 0.0500. The lowest BCUT2D eigenvalue weighted by molar-refractivity contribution is -0.384. The van der Waals surface area contributed by atoms with Gasteiger partial charge in [0.1, 0.15) is 5.69 Å². The van der Waals surface area contributed by atoms with Gasteiger partial charge in [-0.2, -0.15) is 0 Å². The van der Waals surface area contributed by atoms with Gasteiger partial charge in [-0.3, -0.25) is 10.1 Å². The number of nitrogens with two attached hydrogens (primary N) is 1. The predicted octanol–water partition coefficient (Wildman–Crippen LogP) is 0.913. The third-order valence-electron chi connectivity index (χ3n) is 2.10. The second-order valence-electron chi connectivity index (χ2n) is 3.32. The molecular weight excluding hydrogens is 210 g/mol. The van der Waals surface area contributed by atoms with Gasteiger partial charge in [-0.1, -0.05) is 6.07 Å². The Kier molecular flexibility index (Phi) is 4.68. The van der Waals surface area contributed by atoms with E-state index < -0.39 is 4.92 Å². The van der Waals surface area contributed by atoms with Crippen molar-refractivity contribution in [3.8, 4) is 0 Å². The van der Waals surface area contributed by atoms with Crippen LogP contribution in [0.15, 0.2) is 18.2 Å². The maximum atomic E-state index is 10.6. The summed E-state index contributed by atoms with van der Waals surface area (Å²) >= 11 is 0. The van der Waals surface area contributed by atoms with Crippen LogP contribution in [0.3, 0.4) is 0 Å². The maximum Gasteiger partial charge on any atom is 0.292 e. The van der Waals surface area contributed by atoms with Gasteiger partial charge in [0.25, 0.3) is 5.69 Å². The highest BCUT2D eigenvalue weighted by Crippen LogP contribution is 2.21. The summed E-state index contributed by atoms with van der Waals surface area (Å²) in [5.74, 6) is 0. The fourth-order valence-corrected chi connectivity index (χ4v) is 1.26. The van der Waals surface area contributed by atoms with Crippen molar-refractivity contribution < 1.29 is 9.66 Å². The van der Waals surface area contributed by atoms with Crippen LogP contribution in [0.25, 0.3) is 0 Å². The van der Waals surface area contributed by atoms with E-state index in [2.05, 4.69) is 5.32 Å². The van der Waals surface area contributed by atoms with Gasteiger partial charge >= 0.3 is 0 Å². The molecule has 0 aliphatic carbocycles. The zero-order chi connectivity index (χ0) is 12.0. The van der Waals surface area contributed by atoms with Crippen LogP contribution in [0.4, 0.5) is 11.4 Å². The van der Waals surface area contributed by atoms with E-state index in [1.165, 1.54) is 6.07 Å². The van der Waals surface area contributed by atoms with Gasteiger partial charge in [0.2, 0.25) is 0 Å². The Balaban J connectivity index is 2.61. The Morgan fingerprint density at radius 3 is 2.94 bits per heavy atom. The van der Waals surface area contributed by atoms with Crippen molar-refractivity contribution in [3.05, 3.63) is 33.9 Å². The molecule has 0 saturated carbocycles. The molecule has 0 aliphatic heterocycles. The van der Waals surface area contributed by atoms with E-state index in [1.807, 2.05) is 0 Å². The van der Waals surface area contributed by atoms with E-state index in [0.29, 0.717) is 19.7 Å². The molecule has 0 heterocycles. The Morgan fingerprint density at radius 2 is 2.31 bits per heavy atom. The molecule has 16 heavy (non-hydrogen) atoms. The van der Waals surface area contributed by atoms with Crippen LogP contribution in [0.5, 0.6) is 0 Å². The van der Waals surface area contributed by atoms with Gasteiger partial charge in [0.15, 0.2) is 0 Å². The zero-order valence-corrected chi connectivity index (χ0v) is 9.10. The summed E-state index contributed by atoms with van der Waals surface area (Å²) in [6.45, 7) is 1.87. The highest BCUT2D eigenvalue weighted by atomic mass is 16.6. The average Bonchev–Trinajstić information content (AvgIpc) is 2.26. The summed E-state index contributed by atoms with van der Waals surface area (Å²) in [4.78, 5) is 10.2. The molecule has 0 fully saturated rings. The van der Waals surface area contributed by atoms with Crippen LogP contribution in [0, 0.1) is 10.1 Å². The summed E-state index contributed by atoms with van der Waals surface area (Å²) in [7, 11) is 1.62. The molecule has 1 aromatic carbocycles. The fraction of sp³-hybridized carbons (Fsp3) is 0.400. The number of nitrogen functional groups attached to an aromatic ring is 1. The maximum absolute atomic E-state index is 10.6. The van der Waals surface area contributed by atoms with Crippen LogP contribution in [-0.2, 0) is 11.3 Å². The van der Waals surface area contributed by atoms with Crippen molar-refractivity contribution in [2.45, 2.75) is 6.54 Å². The quantitative estimate of drug-likeness (QED) is 0.325. The minimum atomic E-state index is -0.478. The van der Waals surface area contributed by atoms with E-state index in [0.717, 1.165) is 5.56 Å². The van der Waals surface area contributed by atoms with Gasteiger partial charge in [0.05, 0.1) is 11.5 Å². The van der Waals surface area contributed by atoms with Gasteiger partial charge < -0.3 is 15.8 Å². The minimum Gasteiger partial charge on any atom is -0.393 e. The molecule has 0 spiro atoms. The van der Waals surface area contributed by atoms with Crippen LogP contribution >= 0.6 is 0 Å². The van der Waals surface area contributed by atoms with Crippen LogP contribution in [0.1, 0.15) is 5.56 Å². The largest absolute Gasteiger partial charge is 0.393 e. The number of rotatable bonds is 6. The number of hydrogen-bond donors (Lipinski definition) is 2. The SMILES string of the molecule is COCCNCc1ccc(N)c([N+](=O)[O-])c1. The molecule has 0 saturated heterocycles. The standard InChI is InChI=1S/C10H15N3O3/c1-16-5-4-12-7-8-2-3-9(11)10(6-8)13(14)15/h2-3,6,12H,4-5,7,11H2,1H3. The van der Waals surface area contributed by atoms with Gasteiger partial charge in [0, 0.05) is 26.3 Å². The topological polar surface area (TPSA) is 90.4 Å². The first-order valence-electron chi connectivity index (χ1n) is 4.87. The van der Waals surface area contributed by atoms with E-state index in [1.54, 1.807) is 19.2 Å². The van der Waals surface area contributed by atoms with Crippen LogP contribution in [0.2, 0.25) is 0 Å². The lowest BCUT2D eigenvalue weighted by atomic mass is 10.2. The Labute approximate surface area is 93.5 Å². The molecule has 0 aromatic heterocycles. The Morgan fingerprint density at radius 1 is 1.56 bits per heavy atom. The van der Waals surface area contributed by atoms with Crippen molar-refractivity contribution >= 4 is 11.4 Å². The molecule has 1 rings (SSSR count). The van der Waals surface area contributed by atoms with Crippen LogP contribution < -0.4 is 11.1 Å². The smallest absolute Gasteiger partial charge is 0.292 e. The lowest BCUT2D eigenvalue weighted by Gasteiger charge is -2.05. The van der Waals surface area contributed by atoms with E-state index >= 15 is 0 Å². The van der Waals surface area contributed by atoms with Crippen molar-refractivity contribution in [2.24, 2.45) is 0 Å². The van der Waals surface area contributed by atoms with Crippen LogP contribution in [-0.4, -0.2) is 25.2 Å². The lowest BCUT2D eigenvalue weighted by Crippen LogP contribution is -2.18. The number of nitrogens with zero attached hydrogens (tertiary/aromatic N) is 1. The monoisotopic (exact) mass is 225 g/mol. The van der Waals surface area contributed by atoms with Crippen molar-refractivity contribution in [2.75, 3.05) is 26.0 Å². The third kappa shape index (κ3) is 3.48. The molecule has 0 atom stereocenters. The van der Waals surface area contributed by atoms with E-state index in [4.69, 9.17) is 10.5 Å². The molecule has 6 heteroatoms. The number of nitrogens with one attached hydrogen (secondary N) is 1. The van der Waals surface area contributed by atoms with Crippen molar-refractivity contribution in [1.29, 1.82) is 0 Å². The zero-order valence-electron chi connectivity index (χ0n) is 9.10. The Bertz CT molecular complexity index is 368. The second-order valence-corrected chi connectivity index (χ2v) is 3.32. The molecule has 0 radical (unpaired) electrons. The first-order valence-corrected chi connectivity index (χ1v) is 4.87. The highest BCUT2D eigenvalue weighted by molar-refractivity contribution is 5.59. The number of benzene rings is 1. The summed E-state index contributed by atoms with van der Waals surface area (Å²) in [5.41, 5.74) is 6.45. The number of methoxy groups -OCH3 is 1. The van der Waals surface area contributed by atoms with Crippen molar-refractivity contribution in [3.63, 3.8) is 0 Å². The molecule has 1 aromatic rings. The second kappa shape index (κ2) is 6.04. The number of nitro groups is 1. The number of ether oxygens (including phenoxy) is 1. The van der Waals surface area contributed by atoms with Gasteiger partial charge in [-0.05, 0) is 11.6 Å². The average molecular weight is 225 g/mol. The molecule has 0 unspecified atom stereocenters. The molecule has 0 aliphatic rings. The molecule has 6 nitrogen and oxygen atoms in total. The van der Waals surface area contributed by atoms with Gasteiger partial charge in [-0.15, -0.1) is 0 Å².